The Morgan fingerprint density at radius 1 is 0.375 bits per heavy atom. The molecule has 0 bridgehead atoms. The van der Waals surface area contributed by atoms with Gasteiger partial charge in [0.2, 0.25) is 0 Å². The highest BCUT2D eigenvalue weighted by Crippen LogP contribution is 2.49. The second kappa shape index (κ2) is 9.57. The van der Waals surface area contributed by atoms with Crippen molar-refractivity contribution in [2.75, 3.05) is 0 Å². The molecule has 0 atom stereocenters. The van der Waals surface area contributed by atoms with Gasteiger partial charge in [0.1, 0.15) is 11.2 Å². The van der Waals surface area contributed by atoms with Crippen LogP contribution in [0.25, 0.3) is 104 Å². The van der Waals surface area contributed by atoms with Crippen LogP contribution in [0.1, 0.15) is 0 Å². The number of furan rings is 1. The summed E-state index contributed by atoms with van der Waals surface area (Å²) in [5.41, 5.74) is 10.5. The average Bonchev–Trinajstić information content (AvgIpc) is 3.70. The summed E-state index contributed by atoms with van der Waals surface area (Å²) in [4.78, 5) is 0. The molecule has 2 heteroatoms. The molecule has 0 unspecified atom stereocenters. The number of hydrogen-bond acceptors (Lipinski definition) is 1. The fourth-order valence-electron chi connectivity index (χ4n) is 8.39. The van der Waals surface area contributed by atoms with Crippen LogP contribution in [-0.4, -0.2) is 4.57 Å². The Kier molecular flexibility index (Phi) is 5.14. The first-order chi connectivity index (χ1) is 23.8. The average molecular weight is 610 g/mol. The van der Waals surface area contributed by atoms with Crippen molar-refractivity contribution in [3.63, 3.8) is 0 Å². The molecule has 0 radical (unpaired) electrons. The number of para-hydroxylation sites is 2. The van der Waals surface area contributed by atoms with Crippen molar-refractivity contribution in [3.05, 3.63) is 164 Å². The maximum atomic E-state index is 6.35. The SMILES string of the molecule is c1ccc(-n2c3ccccc3c3cc(-c4c5ccccc5c(-c5cc6cccc7oc8cccc5c8c67)c5ccccc45)ccc32)cc1. The monoisotopic (exact) mass is 609 g/mol. The number of fused-ring (bicyclic) bond motifs is 5. The lowest BCUT2D eigenvalue weighted by Gasteiger charge is -2.19. The van der Waals surface area contributed by atoms with Gasteiger partial charge in [-0.05, 0) is 103 Å². The van der Waals surface area contributed by atoms with Crippen molar-refractivity contribution in [2.24, 2.45) is 0 Å². The van der Waals surface area contributed by atoms with Crippen molar-refractivity contribution in [3.8, 4) is 27.9 Å². The van der Waals surface area contributed by atoms with Gasteiger partial charge in [0, 0.05) is 27.2 Å². The highest BCUT2D eigenvalue weighted by atomic mass is 16.3. The molecule has 0 aliphatic heterocycles. The van der Waals surface area contributed by atoms with Crippen molar-refractivity contribution in [1.29, 1.82) is 0 Å². The van der Waals surface area contributed by atoms with Crippen LogP contribution in [0.2, 0.25) is 0 Å². The molecule has 11 rings (SSSR count). The Morgan fingerprint density at radius 3 is 1.71 bits per heavy atom. The number of aromatic nitrogens is 1. The molecular formula is C46H27NO. The maximum Gasteiger partial charge on any atom is 0.136 e. The minimum Gasteiger partial charge on any atom is -0.456 e. The van der Waals surface area contributed by atoms with Crippen LogP contribution in [0.3, 0.4) is 0 Å². The van der Waals surface area contributed by atoms with E-state index in [2.05, 4.69) is 168 Å². The largest absolute Gasteiger partial charge is 0.456 e. The fraction of sp³-hybridized carbons (Fsp3) is 0. The predicted molar refractivity (Wildman–Crippen MR) is 203 cm³/mol. The Hall–Kier alpha value is -6.38. The van der Waals surface area contributed by atoms with Crippen molar-refractivity contribution in [2.45, 2.75) is 0 Å². The molecule has 2 heterocycles. The smallest absolute Gasteiger partial charge is 0.136 e. The second-order valence-electron chi connectivity index (χ2n) is 12.8. The lowest BCUT2D eigenvalue weighted by atomic mass is 9.83. The molecule has 2 aromatic heterocycles. The summed E-state index contributed by atoms with van der Waals surface area (Å²) in [6, 6.07) is 59.6. The summed E-state index contributed by atoms with van der Waals surface area (Å²) in [6.07, 6.45) is 0. The lowest BCUT2D eigenvalue weighted by molar-refractivity contribution is 0.669. The molecule has 48 heavy (non-hydrogen) atoms. The van der Waals surface area contributed by atoms with Gasteiger partial charge in [0.05, 0.1) is 11.0 Å². The zero-order chi connectivity index (χ0) is 31.3. The van der Waals surface area contributed by atoms with Gasteiger partial charge in [-0.3, -0.25) is 0 Å². The molecule has 0 saturated carbocycles. The second-order valence-corrected chi connectivity index (χ2v) is 12.8. The third kappa shape index (κ3) is 3.41. The first kappa shape index (κ1) is 25.8. The van der Waals surface area contributed by atoms with Gasteiger partial charge in [-0.25, -0.2) is 0 Å². The van der Waals surface area contributed by atoms with Crippen LogP contribution >= 0.6 is 0 Å². The third-order valence-electron chi connectivity index (χ3n) is 10.3. The van der Waals surface area contributed by atoms with Gasteiger partial charge in [-0.2, -0.15) is 0 Å². The Balaban J connectivity index is 1.25. The van der Waals surface area contributed by atoms with Gasteiger partial charge < -0.3 is 8.98 Å². The number of nitrogens with zero attached hydrogens (tertiary/aromatic N) is 1. The first-order valence-electron chi connectivity index (χ1n) is 16.5. The van der Waals surface area contributed by atoms with E-state index in [1.165, 1.54) is 92.8 Å². The molecule has 9 aromatic carbocycles. The van der Waals surface area contributed by atoms with E-state index in [0.717, 1.165) is 11.2 Å². The molecule has 0 aliphatic carbocycles. The van der Waals surface area contributed by atoms with E-state index in [1.807, 2.05) is 0 Å². The minimum atomic E-state index is 0.939. The van der Waals surface area contributed by atoms with E-state index in [9.17, 15) is 0 Å². The van der Waals surface area contributed by atoms with E-state index < -0.39 is 0 Å². The number of hydrogen-bond donors (Lipinski definition) is 0. The molecule has 0 saturated heterocycles. The van der Waals surface area contributed by atoms with Crippen molar-refractivity contribution in [1.82, 2.24) is 4.57 Å². The molecule has 0 aliphatic rings. The van der Waals surface area contributed by atoms with Gasteiger partial charge in [-0.15, -0.1) is 0 Å². The molecule has 2 nitrogen and oxygen atoms in total. The van der Waals surface area contributed by atoms with Crippen LogP contribution in [0.15, 0.2) is 168 Å². The van der Waals surface area contributed by atoms with E-state index in [4.69, 9.17) is 4.42 Å². The molecular weight excluding hydrogens is 583 g/mol. The Morgan fingerprint density at radius 2 is 0.958 bits per heavy atom. The topological polar surface area (TPSA) is 18.1 Å². The fourth-order valence-corrected chi connectivity index (χ4v) is 8.39. The predicted octanol–water partition coefficient (Wildman–Crippen LogP) is 12.9. The van der Waals surface area contributed by atoms with E-state index in [1.54, 1.807) is 0 Å². The summed E-state index contributed by atoms with van der Waals surface area (Å²) in [6.45, 7) is 0. The maximum absolute atomic E-state index is 6.35. The summed E-state index contributed by atoms with van der Waals surface area (Å²) in [5, 5.41) is 12.4. The summed E-state index contributed by atoms with van der Waals surface area (Å²) < 4.78 is 8.73. The third-order valence-corrected chi connectivity index (χ3v) is 10.3. The van der Waals surface area contributed by atoms with Gasteiger partial charge in [0.25, 0.3) is 0 Å². The molecule has 0 amide bonds. The van der Waals surface area contributed by atoms with Crippen LogP contribution in [0, 0.1) is 0 Å². The van der Waals surface area contributed by atoms with Crippen molar-refractivity contribution < 1.29 is 4.42 Å². The van der Waals surface area contributed by atoms with Gasteiger partial charge >= 0.3 is 0 Å². The summed E-state index contributed by atoms with van der Waals surface area (Å²) in [7, 11) is 0. The summed E-state index contributed by atoms with van der Waals surface area (Å²) >= 11 is 0. The van der Waals surface area contributed by atoms with Gasteiger partial charge in [-0.1, -0.05) is 115 Å². The van der Waals surface area contributed by atoms with Crippen LogP contribution in [0.5, 0.6) is 0 Å². The van der Waals surface area contributed by atoms with Crippen LogP contribution in [-0.2, 0) is 0 Å². The normalized spacial score (nSPS) is 12.2. The molecule has 0 N–H and O–H groups in total. The standard InChI is InChI=1S/C46H27NO/c1-2-13-30(14-3-1)47-39-21-9-8-15-31(39)37-26-29(24-25-40(37)47)43-32-16-4-6-18-34(32)45(35-19-7-5-17-33(35)43)38-27-28-12-10-22-41-44(28)46-36(38)20-11-23-42(46)48-41/h1-27H. The number of benzene rings is 9. The molecule has 11 aromatic rings. The van der Waals surface area contributed by atoms with Gasteiger partial charge in [0.15, 0.2) is 0 Å². The zero-order valence-corrected chi connectivity index (χ0v) is 25.9. The van der Waals surface area contributed by atoms with Crippen LogP contribution in [0.4, 0.5) is 0 Å². The zero-order valence-electron chi connectivity index (χ0n) is 25.9. The highest BCUT2D eigenvalue weighted by molar-refractivity contribution is 6.30. The Bertz CT molecular complexity index is 2990. The minimum absolute atomic E-state index is 0.939. The first-order valence-corrected chi connectivity index (χ1v) is 16.5. The molecule has 222 valence electrons. The van der Waals surface area contributed by atoms with Crippen LogP contribution < -0.4 is 0 Å². The summed E-state index contributed by atoms with van der Waals surface area (Å²) in [5.74, 6) is 0. The van der Waals surface area contributed by atoms with E-state index >= 15 is 0 Å². The van der Waals surface area contributed by atoms with Crippen molar-refractivity contribution >= 4 is 76.1 Å². The molecule has 0 spiro atoms. The lowest BCUT2D eigenvalue weighted by Crippen LogP contribution is -1.93. The highest BCUT2D eigenvalue weighted by Gasteiger charge is 2.22. The quantitative estimate of drug-likeness (QED) is 0.144. The Labute approximate surface area is 276 Å². The number of rotatable bonds is 3. The van der Waals surface area contributed by atoms with E-state index in [-0.39, 0.29) is 0 Å². The molecule has 0 fully saturated rings. The van der Waals surface area contributed by atoms with E-state index in [0.29, 0.717) is 0 Å².